The van der Waals surface area contributed by atoms with Gasteiger partial charge < -0.3 is 4.74 Å². The van der Waals surface area contributed by atoms with Crippen LogP contribution in [0.1, 0.15) is 44.0 Å². The Balaban J connectivity index is 2.45. The summed E-state index contributed by atoms with van der Waals surface area (Å²) in [5.41, 5.74) is 2.36. The van der Waals surface area contributed by atoms with Crippen molar-refractivity contribution < 1.29 is 9.13 Å². The second-order valence-electron chi connectivity index (χ2n) is 6.03. The van der Waals surface area contributed by atoms with Crippen molar-refractivity contribution in [2.45, 2.75) is 46.5 Å². The Kier molecular flexibility index (Phi) is 4.31. The van der Waals surface area contributed by atoms with Crippen molar-refractivity contribution in [2.75, 3.05) is 0 Å². The molecule has 1 heterocycles. The van der Waals surface area contributed by atoms with Gasteiger partial charge in [0.2, 0.25) is 0 Å². The van der Waals surface area contributed by atoms with Crippen LogP contribution < -0.4 is 4.74 Å². The third kappa shape index (κ3) is 3.23. The van der Waals surface area contributed by atoms with Crippen molar-refractivity contribution in [1.82, 2.24) is 4.98 Å². The minimum atomic E-state index is -0.284. The van der Waals surface area contributed by atoms with Crippen LogP contribution in [0.4, 0.5) is 4.39 Å². The molecule has 1 aromatic heterocycles. The van der Waals surface area contributed by atoms with Gasteiger partial charge in [-0.05, 0) is 49.4 Å². The number of aromatic nitrogens is 1. The van der Waals surface area contributed by atoms with E-state index in [1.807, 2.05) is 46.8 Å². The Morgan fingerprint density at radius 1 is 1.24 bits per heavy atom. The van der Waals surface area contributed by atoms with Gasteiger partial charge in [0.1, 0.15) is 17.3 Å². The first-order valence-corrected chi connectivity index (χ1v) is 7.25. The van der Waals surface area contributed by atoms with E-state index in [0.717, 1.165) is 17.7 Å². The van der Waals surface area contributed by atoms with Crippen LogP contribution in [-0.2, 0) is 5.41 Å². The van der Waals surface area contributed by atoms with Crippen LogP contribution in [0.25, 0.3) is 0 Å². The first-order valence-electron chi connectivity index (χ1n) is 7.25. The van der Waals surface area contributed by atoms with Crippen LogP contribution in [0.3, 0.4) is 0 Å². The molecule has 112 valence electrons. The van der Waals surface area contributed by atoms with E-state index in [0.29, 0.717) is 17.1 Å². The van der Waals surface area contributed by atoms with Gasteiger partial charge in [-0.25, -0.2) is 4.39 Å². The zero-order valence-electron chi connectivity index (χ0n) is 13.3. The summed E-state index contributed by atoms with van der Waals surface area (Å²) in [4.78, 5) is 4.29. The minimum Gasteiger partial charge on any atom is -0.455 e. The number of ether oxygens (including phenoxy) is 1. The topological polar surface area (TPSA) is 22.1 Å². The SMILES string of the molecule is CCC(C)(C)c1c(F)cccc1Oc1cnc(C)c(C)c1. The van der Waals surface area contributed by atoms with Crippen molar-refractivity contribution in [1.29, 1.82) is 0 Å². The van der Waals surface area contributed by atoms with Crippen LogP contribution >= 0.6 is 0 Å². The molecule has 0 atom stereocenters. The first kappa shape index (κ1) is 15.5. The van der Waals surface area contributed by atoms with E-state index in [1.54, 1.807) is 12.3 Å². The van der Waals surface area contributed by atoms with Crippen molar-refractivity contribution in [3.8, 4) is 11.5 Å². The molecular weight excluding hydrogens is 265 g/mol. The van der Waals surface area contributed by atoms with Gasteiger partial charge in [-0.15, -0.1) is 0 Å². The van der Waals surface area contributed by atoms with Gasteiger partial charge in [-0.1, -0.05) is 26.8 Å². The zero-order chi connectivity index (χ0) is 15.6. The number of halogens is 1. The fourth-order valence-electron chi connectivity index (χ4n) is 2.22. The third-order valence-corrected chi connectivity index (χ3v) is 4.08. The van der Waals surface area contributed by atoms with Crippen LogP contribution in [0.2, 0.25) is 0 Å². The number of aryl methyl sites for hydroxylation is 2. The Labute approximate surface area is 126 Å². The van der Waals surface area contributed by atoms with E-state index in [1.165, 1.54) is 6.07 Å². The molecule has 0 unspecified atom stereocenters. The molecule has 0 saturated carbocycles. The Hall–Kier alpha value is -1.90. The maximum atomic E-state index is 14.3. The summed E-state index contributed by atoms with van der Waals surface area (Å²) in [6.45, 7) is 10.0. The number of nitrogens with zero attached hydrogens (tertiary/aromatic N) is 1. The molecule has 2 nitrogen and oxygen atoms in total. The molecule has 21 heavy (non-hydrogen) atoms. The predicted octanol–water partition coefficient (Wildman–Crippen LogP) is 5.32. The second kappa shape index (κ2) is 5.84. The number of pyridine rings is 1. The highest BCUT2D eigenvalue weighted by atomic mass is 19.1. The van der Waals surface area contributed by atoms with Crippen LogP contribution in [0, 0.1) is 19.7 Å². The molecule has 0 amide bonds. The van der Waals surface area contributed by atoms with Crippen molar-refractivity contribution in [3.05, 3.63) is 53.1 Å². The van der Waals surface area contributed by atoms with Gasteiger partial charge in [0, 0.05) is 11.3 Å². The number of hydrogen-bond acceptors (Lipinski definition) is 2. The molecule has 2 aromatic rings. The molecule has 0 N–H and O–H groups in total. The molecule has 0 aliphatic carbocycles. The fraction of sp³-hybridized carbons (Fsp3) is 0.389. The molecule has 3 heteroatoms. The minimum absolute atomic E-state index is 0.226. The van der Waals surface area contributed by atoms with Crippen LogP contribution in [0.5, 0.6) is 11.5 Å². The maximum absolute atomic E-state index is 14.3. The molecule has 0 bridgehead atoms. The van der Waals surface area contributed by atoms with E-state index in [2.05, 4.69) is 4.98 Å². The Morgan fingerprint density at radius 3 is 2.57 bits per heavy atom. The monoisotopic (exact) mass is 287 g/mol. The third-order valence-electron chi connectivity index (χ3n) is 4.08. The molecule has 1 aromatic carbocycles. The highest BCUT2D eigenvalue weighted by molar-refractivity contribution is 5.43. The quantitative estimate of drug-likeness (QED) is 0.759. The molecule has 0 saturated heterocycles. The summed E-state index contributed by atoms with van der Waals surface area (Å²) in [5.74, 6) is 0.972. The smallest absolute Gasteiger partial charge is 0.146 e. The lowest BCUT2D eigenvalue weighted by atomic mass is 9.81. The van der Waals surface area contributed by atoms with Crippen molar-refractivity contribution in [2.24, 2.45) is 0 Å². The van der Waals surface area contributed by atoms with E-state index in [-0.39, 0.29) is 11.2 Å². The molecule has 0 radical (unpaired) electrons. The van der Waals surface area contributed by atoms with Crippen molar-refractivity contribution >= 4 is 0 Å². The Morgan fingerprint density at radius 2 is 1.95 bits per heavy atom. The number of benzene rings is 1. The van der Waals surface area contributed by atoms with E-state index < -0.39 is 0 Å². The van der Waals surface area contributed by atoms with Gasteiger partial charge in [0.15, 0.2) is 0 Å². The van der Waals surface area contributed by atoms with Gasteiger partial charge in [-0.2, -0.15) is 0 Å². The summed E-state index contributed by atoms with van der Waals surface area (Å²) in [5, 5.41) is 0. The molecule has 0 aliphatic heterocycles. The van der Waals surface area contributed by atoms with Gasteiger partial charge in [0.25, 0.3) is 0 Å². The number of rotatable bonds is 4. The predicted molar refractivity (Wildman–Crippen MR) is 83.5 cm³/mol. The zero-order valence-corrected chi connectivity index (χ0v) is 13.3. The fourth-order valence-corrected chi connectivity index (χ4v) is 2.22. The summed E-state index contributed by atoms with van der Waals surface area (Å²) in [7, 11) is 0. The molecule has 2 rings (SSSR count). The van der Waals surface area contributed by atoms with E-state index in [4.69, 9.17) is 4.74 Å². The maximum Gasteiger partial charge on any atom is 0.146 e. The summed E-state index contributed by atoms with van der Waals surface area (Å²) < 4.78 is 20.2. The van der Waals surface area contributed by atoms with Gasteiger partial charge in [0.05, 0.1) is 6.20 Å². The highest BCUT2D eigenvalue weighted by Crippen LogP contribution is 2.38. The van der Waals surface area contributed by atoms with E-state index in [9.17, 15) is 4.39 Å². The number of hydrogen-bond donors (Lipinski definition) is 0. The van der Waals surface area contributed by atoms with Gasteiger partial charge >= 0.3 is 0 Å². The summed E-state index contributed by atoms with van der Waals surface area (Å²) in [6.07, 6.45) is 2.51. The van der Waals surface area contributed by atoms with Crippen LogP contribution in [-0.4, -0.2) is 4.98 Å². The average molecular weight is 287 g/mol. The van der Waals surface area contributed by atoms with Gasteiger partial charge in [-0.3, -0.25) is 4.98 Å². The Bertz CT molecular complexity index is 650. The lowest BCUT2D eigenvalue weighted by Gasteiger charge is -2.26. The van der Waals surface area contributed by atoms with E-state index >= 15 is 0 Å². The summed E-state index contributed by atoms with van der Waals surface area (Å²) in [6, 6.07) is 6.90. The van der Waals surface area contributed by atoms with Crippen molar-refractivity contribution in [3.63, 3.8) is 0 Å². The highest BCUT2D eigenvalue weighted by Gasteiger charge is 2.26. The lowest BCUT2D eigenvalue weighted by molar-refractivity contribution is 0.414. The molecule has 0 fully saturated rings. The normalized spacial score (nSPS) is 11.5. The largest absolute Gasteiger partial charge is 0.455 e. The first-order chi connectivity index (χ1) is 9.85. The van der Waals surface area contributed by atoms with Crippen LogP contribution in [0.15, 0.2) is 30.5 Å². The molecule has 0 aliphatic rings. The second-order valence-corrected chi connectivity index (χ2v) is 6.03. The molecular formula is C18H22FNO. The summed E-state index contributed by atoms with van der Waals surface area (Å²) >= 11 is 0. The average Bonchev–Trinajstić information content (AvgIpc) is 2.43. The lowest BCUT2D eigenvalue weighted by Crippen LogP contribution is -2.18. The molecule has 0 spiro atoms. The standard InChI is InChI=1S/C18H22FNO/c1-6-18(4,5)17-15(19)8-7-9-16(17)21-14-10-12(2)13(3)20-11-14/h7-11H,6H2,1-5H3.